The van der Waals surface area contributed by atoms with Crippen LogP contribution < -0.4 is 5.32 Å². The summed E-state index contributed by atoms with van der Waals surface area (Å²) in [6, 6.07) is 1.70. The van der Waals surface area contributed by atoms with Crippen LogP contribution in [0.3, 0.4) is 0 Å². The Morgan fingerprint density at radius 2 is 1.96 bits per heavy atom. The minimum Gasteiger partial charge on any atom is -0.479 e. The average Bonchev–Trinajstić information content (AvgIpc) is 3.22. The fourth-order valence-corrected chi connectivity index (χ4v) is 3.00. The van der Waals surface area contributed by atoms with Crippen LogP contribution in [0.2, 0.25) is 0 Å². The third-order valence-electron chi connectivity index (χ3n) is 3.70. The number of nitrogens with zero attached hydrogens (tertiary/aromatic N) is 5. The van der Waals surface area contributed by atoms with Crippen molar-refractivity contribution in [3.63, 3.8) is 0 Å². The van der Waals surface area contributed by atoms with Gasteiger partial charge < -0.3 is 10.4 Å². The Balaban J connectivity index is 1.80. The minimum atomic E-state index is -1.22. The molecule has 3 aromatic heterocycles. The highest BCUT2D eigenvalue weighted by Gasteiger charge is 2.30. The predicted octanol–water partition coefficient (Wildman–Crippen LogP) is 2.18. The number of aliphatic carboxylic acids is 1. The van der Waals surface area contributed by atoms with Gasteiger partial charge in [0.1, 0.15) is 4.88 Å². The van der Waals surface area contributed by atoms with Crippen LogP contribution in [0.15, 0.2) is 30.9 Å². The highest BCUT2D eigenvalue weighted by Crippen LogP contribution is 2.26. The standard InChI is InChI=1S/C16H16N6O3S/c1-9-11(26-14(20-9)12-17-5-4-6-18-12)13(23)21-10-7-19-22(8-10)16(2,3)15(24)25/h4-8H,1-3H3,(H,21,23)(H,24,25). The maximum Gasteiger partial charge on any atom is 0.331 e. The number of carboxylic acids is 1. The van der Waals surface area contributed by atoms with E-state index in [0.29, 0.717) is 27.1 Å². The predicted molar refractivity (Wildman–Crippen MR) is 95.0 cm³/mol. The Hall–Kier alpha value is -3.14. The van der Waals surface area contributed by atoms with Gasteiger partial charge in [0, 0.05) is 18.6 Å². The Bertz CT molecular complexity index is 964. The largest absolute Gasteiger partial charge is 0.479 e. The van der Waals surface area contributed by atoms with E-state index in [9.17, 15) is 14.7 Å². The van der Waals surface area contributed by atoms with E-state index in [-0.39, 0.29) is 5.91 Å². The lowest BCUT2D eigenvalue weighted by Crippen LogP contribution is -2.35. The summed E-state index contributed by atoms with van der Waals surface area (Å²) in [5.74, 6) is -0.921. The van der Waals surface area contributed by atoms with Crippen LogP contribution in [-0.4, -0.2) is 41.7 Å². The van der Waals surface area contributed by atoms with Crippen LogP contribution in [-0.2, 0) is 10.3 Å². The Kier molecular flexibility index (Phi) is 4.51. The number of aryl methyl sites for hydroxylation is 1. The molecule has 1 amide bonds. The zero-order valence-electron chi connectivity index (χ0n) is 14.3. The van der Waals surface area contributed by atoms with Crippen molar-refractivity contribution in [2.24, 2.45) is 0 Å². The molecule has 0 bridgehead atoms. The van der Waals surface area contributed by atoms with Crippen LogP contribution >= 0.6 is 11.3 Å². The topological polar surface area (TPSA) is 123 Å². The van der Waals surface area contributed by atoms with Crippen molar-refractivity contribution in [2.75, 3.05) is 5.32 Å². The van der Waals surface area contributed by atoms with Crippen molar-refractivity contribution in [2.45, 2.75) is 26.3 Å². The molecule has 0 radical (unpaired) electrons. The minimum absolute atomic E-state index is 0.352. The molecule has 3 aromatic rings. The first-order chi connectivity index (χ1) is 12.3. The summed E-state index contributed by atoms with van der Waals surface area (Å²) in [6.45, 7) is 4.77. The molecule has 9 nitrogen and oxygen atoms in total. The zero-order valence-corrected chi connectivity index (χ0v) is 15.1. The number of amides is 1. The first-order valence-corrected chi connectivity index (χ1v) is 8.45. The van der Waals surface area contributed by atoms with Crippen LogP contribution in [0.25, 0.3) is 10.8 Å². The number of nitrogens with one attached hydrogen (secondary N) is 1. The second-order valence-corrected chi connectivity index (χ2v) is 7.00. The number of thiazole rings is 1. The molecule has 0 spiro atoms. The van der Waals surface area contributed by atoms with E-state index in [0.717, 1.165) is 0 Å². The fourth-order valence-electron chi connectivity index (χ4n) is 2.09. The average molecular weight is 372 g/mol. The molecule has 0 unspecified atom stereocenters. The lowest BCUT2D eigenvalue weighted by atomic mass is 10.1. The van der Waals surface area contributed by atoms with Crippen LogP contribution in [0.4, 0.5) is 5.69 Å². The van der Waals surface area contributed by atoms with Gasteiger partial charge in [-0.25, -0.2) is 19.7 Å². The summed E-state index contributed by atoms with van der Waals surface area (Å²) in [5, 5.41) is 16.5. The summed E-state index contributed by atoms with van der Waals surface area (Å²) < 4.78 is 1.29. The van der Waals surface area contributed by atoms with Crippen molar-refractivity contribution in [1.29, 1.82) is 0 Å². The van der Waals surface area contributed by atoms with E-state index >= 15 is 0 Å². The Morgan fingerprint density at radius 1 is 1.27 bits per heavy atom. The monoisotopic (exact) mass is 372 g/mol. The number of anilines is 1. The molecular formula is C16H16N6O3S. The molecule has 2 N–H and O–H groups in total. The van der Waals surface area contributed by atoms with E-state index in [1.807, 2.05) is 0 Å². The van der Waals surface area contributed by atoms with Crippen molar-refractivity contribution in [3.8, 4) is 10.8 Å². The van der Waals surface area contributed by atoms with Gasteiger partial charge in [-0.1, -0.05) is 0 Å². The third kappa shape index (κ3) is 3.31. The van der Waals surface area contributed by atoms with Crippen molar-refractivity contribution in [3.05, 3.63) is 41.4 Å². The summed E-state index contributed by atoms with van der Waals surface area (Å²) >= 11 is 1.19. The number of carbonyl (C=O) groups excluding carboxylic acids is 1. The molecular weight excluding hydrogens is 356 g/mol. The Labute approximate surface area is 152 Å². The zero-order chi connectivity index (χ0) is 18.9. The second-order valence-electron chi connectivity index (χ2n) is 6.00. The number of aromatic nitrogens is 5. The van der Waals surface area contributed by atoms with Gasteiger partial charge in [-0.2, -0.15) is 5.10 Å². The van der Waals surface area contributed by atoms with Gasteiger partial charge in [-0.15, -0.1) is 11.3 Å². The molecule has 0 aliphatic rings. The summed E-state index contributed by atoms with van der Waals surface area (Å²) in [5.41, 5.74) is -0.260. The summed E-state index contributed by atoms with van der Waals surface area (Å²) in [6.07, 6.45) is 6.10. The molecule has 10 heteroatoms. The highest BCUT2D eigenvalue weighted by atomic mass is 32.1. The lowest BCUT2D eigenvalue weighted by Gasteiger charge is -2.19. The molecule has 0 saturated heterocycles. The quantitative estimate of drug-likeness (QED) is 0.703. The summed E-state index contributed by atoms with van der Waals surface area (Å²) in [7, 11) is 0. The number of hydrogen-bond donors (Lipinski definition) is 2. The summed E-state index contributed by atoms with van der Waals surface area (Å²) in [4.78, 5) is 36.9. The SMILES string of the molecule is Cc1nc(-c2ncccn2)sc1C(=O)Nc1cnn(C(C)(C)C(=O)O)c1. The Morgan fingerprint density at radius 3 is 2.62 bits per heavy atom. The number of carboxylic acid groups (broad SMARTS) is 1. The molecule has 26 heavy (non-hydrogen) atoms. The number of carbonyl (C=O) groups is 2. The fraction of sp³-hybridized carbons (Fsp3) is 0.250. The highest BCUT2D eigenvalue weighted by molar-refractivity contribution is 7.17. The van der Waals surface area contributed by atoms with Crippen LogP contribution in [0.5, 0.6) is 0 Å². The smallest absolute Gasteiger partial charge is 0.331 e. The first-order valence-electron chi connectivity index (χ1n) is 7.63. The van der Waals surface area contributed by atoms with E-state index < -0.39 is 11.5 Å². The third-order valence-corrected chi connectivity index (χ3v) is 4.85. The molecule has 0 aliphatic carbocycles. The van der Waals surface area contributed by atoms with Gasteiger partial charge in [0.2, 0.25) is 0 Å². The number of rotatable bonds is 5. The molecule has 3 heterocycles. The maximum absolute atomic E-state index is 12.5. The molecule has 0 fully saturated rings. The van der Waals surface area contributed by atoms with Gasteiger partial charge in [-0.05, 0) is 26.8 Å². The van der Waals surface area contributed by atoms with Gasteiger partial charge in [0.15, 0.2) is 16.4 Å². The molecule has 0 saturated carbocycles. The van der Waals surface area contributed by atoms with Crippen molar-refractivity contribution >= 4 is 28.9 Å². The van der Waals surface area contributed by atoms with Gasteiger partial charge in [0.05, 0.1) is 17.6 Å². The van der Waals surface area contributed by atoms with Gasteiger partial charge in [0.25, 0.3) is 5.91 Å². The van der Waals surface area contributed by atoms with Crippen LogP contribution in [0.1, 0.15) is 29.2 Å². The molecule has 3 rings (SSSR count). The maximum atomic E-state index is 12.5. The molecule has 0 aliphatic heterocycles. The van der Waals surface area contributed by atoms with Crippen molar-refractivity contribution in [1.82, 2.24) is 24.7 Å². The molecule has 134 valence electrons. The van der Waals surface area contributed by atoms with Gasteiger partial charge in [-0.3, -0.25) is 9.48 Å². The van der Waals surface area contributed by atoms with Gasteiger partial charge >= 0.3 is 5.97 Å². The first kappa shape index (κ1) is 17.7. The second kappa shape index (κ2) is 6.64. The molecule has 0 atom stereocenters. The lowest BCUT2D eigenvalue weighted by molar-refractivity contribution is -0.146. The number of hydrogen-bond acceptors (Lipinski definition) is 7. The van der Waals surface area contributed by atoms with E-state index in [4.69, 9.17) is 0 Å². The molecule has 0 aromatic carbocycles. The van der Waals surface area contributed by atoms with E-state index in [1.54, 1.807) is 25.4 Å². The van der Waals surface area contributed by atoms with Crippen LogP contribution in [0, 0.1) is 6.92 Å². The van der Waals surface area contributed by atoms with E-state index in [1.165, 1.54) is 42.3 Å². The van der Waals surface area contributed by atoms with E-state index in [2.05, 4.69) is 25.4 Å². The van der Waals surface area contributed by atoms with Crippen molar-refractivity contribution < 1.29 is 14.7 Å². The normalized spacial score (nSPS) is 11.3.